The lowest BCUT2D eigenvalue weighted by molar-refractivity contribution is 0.288. The molecule has 4 heteroatoms. The first-order valence-corrected chi connectivity index (χ1v) is 9.29. The molecule has 0 amide bonds. The van der Waals surface area contributed by atoms with Gasteiger partial charge in [-0.3, -0.25) is 0 Å². The highest BCUT2D eigenvalue weighted by Gasteiger charge is 2.48. The molecule has 1 saturated carbocycles. The molecule has 0 bridgehead atoms. The molecular weight excluding hydrogens is 282 g/mol. The van der Waals surface area contributed by atoms with Crippen molar-refractivity contribution in [2.75, 3.05) is 6.54 Å². The molecule has 0 radical (unpaired) electrons. The maximum Gasteiger partial charge on any atom is 0.183 e. The topological polar surface area (TPSA) is 46.2 Å². The van der Waals surface area contributed by atoms with Crippen molar-refractivity contribution in [3.8, 4) is 0 Å². The van der Waals surface area contributed by atoms with Gasteiger partial charge in [-0.2, -0.15) is 0 Å². The van der Waals surface area contributed by atoms with Crippen LogP contribution in [0.5, 0.6) is 0 Å². The second-order valence-electron chi connectivity index (χ2n) is 6.92. The minimum Gasteiger partial charge on any atom is -0.312 e. The van der Waals surface area contributed by atoms with E-state index in [1.807, 2.05) is 32.9 Å². The average molecular weight is 309 g/mol. The van der Waals surface area contributed by atoms with Gasteiger partial charge in [0.15, 0.2) is 9.84 Å². The van der Waals surface area contributed by atoms with E-state index in [9.17, 15) is 8.42 Å². The highest BCUT2D eigenvalue weighted by molar-refractivity contribution is 7.92. The summed E-state index contributed by atoms with van der Waals surface area (Å²) in [4.78, 5) is 0.499. The molecule has 0 heterocycles. The van der Waals surface area contributed by atoms with Crippen molar-refractivity contribution in [1.29, 1.82) is 0 Å². The monoisotopic (exact) mass is 309 g/mol. The molecule has 2 rings (SSSR count). The van der Waals surface area contributed by atoms with E-state index in [2.05, 4.69) is 19.2 Å². The van der Waals surface area contributed by atoms with Crippen LogP contribution in [0.4, 0.5) is 0 Å². The maximum absolute atomic E-state index is 13.1. The predicted octanol–water partition coefficient (Wildman–Crippen LogP) is 3.24. The lowest BCUT2D eigenvalue weighted by atomic mass is 9.87. The summed E-state index contributed by atoms with van der Waals surface area (Å²) in [6.07, 6.45) is 1.68. The summed E-state index contributed by atoms with van der Waals surface area (Å²) in [7, 11) is -3.29. The fraction of sp³-hybridized carbons (Fsp3) is 0.647. The van der Waals surface area contributed by atoms with E-state index >= 15 is 0 Å². The normalized spacial score (nSPS) is 25.2. The Balaban J connectivity index is 2.43. The van der Waals surface area contributed by atoms with Crippen molar-refractivity contribution >= 4 is 9.84 Å². The molecule has 2 unspecified atom stereocenters. The fourth-order valence-electron chi connectivity index (χ4n) is 3.58. The highest BCUT2D eigenvalue weighted by Crippen LogP contribution is 2.42. The number of hydrogen-bond donors (Lipinski definition) is 1. The summed E-state index contributed by atoms with van der Waals surface area (Å²) in [5, 5.41) is 3.09. The summed E-state index contributed by atoms with van der Waals surface area (Å²) >= 11 is 0. The van der Waals surface area contributed by atoms with Crippen molar-refractivity contribution in [2.45, 2.75) is 63.6 Å². The van der Waals surface area contributed by atoms with Crippen LogP contribution in [-0.4, -0.2) is 26.3 Å². The smallest absolute Gasteiger partial charge is 0.183 e. The van der Waals surface area contributed by atoms with Crippen LogP contribution in [-0.2, 0) is 9.84 Å². The van der Waals surface area contributed by atoms with Crippen molar-refractivity contribution in [3.05, 3.63) is 29.3 Å². The Morgan fingerprint density at radius 1 is 1.29 bits per heavy atom. The number of sulfone groups is 1. The first-order valence-electron chi connectivity index (χ1n) is 7.74. The zero-order valence-electron chi connectivity index (χ0n) is 13.7. The van der Waals surface area contributed by atoms with E-state index in [0.29, 0.717) is 4.90 Å². The average Bonchev–Trinajstić information content (AvgIpc) is 2.66. The molecular formula is C17H27NO2S. The Hall–Kier alpha value is -0.870. The van der Waals surface area contributed by atoms with Crippen LogP contribution in [0.15, 0.2) is 23.1 Å². The summed E-state index contributed by atoms with van der Waals surface area (Å²) in [6, 6.07) is 5.64. The van der Waals surface area contributed by atoms with Crippen molar-refractivity contribution in [2.24, 2.45) is 5.41 Å². The van der Waals surface area contributed by atoms with Gasteiger partial charge in [0.05, 0.1) is 10.1 Å². The summed E-state index contributed by atoms with van der Waals surface area (Å²) in [6.45, 7) is 11.0. The molecule has 0 saturated heterocycles. The van der Waals surface area contributed by atoms with Crippen LogP contribution < -0.4 is 5.32 Å². The molecule has 0 spiro atoms. The third-order valence-electron chi connectivity index (χ3n) is 4.75. The number of benzene rings is 1. The molecule has 118 valence electrons. The van der Waals surface area contributed by atoms with Gasteiger partial charge in [0.1, 0.15) is 0 Å². The van der Waals surface area contributed by atoms with Crippen LogP contribution in [0, 0.1) is 19.3 Å². The molecule has 1 aliphatic carbocycles. The molecule has 21 heavy (non-hydrogen) atoms. The van der Waals surface area contributed by atoms with Crippen LogP contribution in [0.1, 0.15) is 44.7 Å². The van der Waals surface area contributed by atoms with Crippen molar-refractivity contribution < 1.29 is 8.42 Å². The minimum absolute atomic E-state index is 0.0202. The van der Waals surface area contributed by atoms with E-state index < -0.39 is 9.84 Å². The predicted molar refractivity (Wildman–Crippen MR) is 87.4 cm³/mol. The first kappa shape index (κ1) is 16.5. The minimum atomic E-state index is -3.29. The number of rotatable bonds is 4. The number of nitrogens with one attached hydrogen (secondary N) is 1. The molecule has 1 N–H and O–H groups in total. The molecule has 1 aliphatic rings. The van der Waals surface area contributed by atoms with Gasteiger partial charge in [0, 0.05) is 6.04 Å². The SMILES string of the molecule is CCNC1C(S(=O)(=O)c2ccc(C)cc2C)CCC1(C)C. The molecule has 1 aromatic carbocycles. The number of hydrogen-bond acceptors (Lipinski definition) is 3. The quantitative estimate of drug-likeness (QED) is 0.928. The zero-order chi connectivity index (χ0) is 15.8. The summed E-state index contributed by atoms with van der Waals surface area (Å²) < 4.78 is 26.2. The van der Waals surface area contributed by atoms with E-state index in [4.69, 9.17) is 0 Å². The van der Waals surface area contributed by atoms with Gasteiger partial charge in [-0.1, -0.05) is 38.5 Å². The lowest BCUT2D eigenvalue weighted by Crippen LogP contribution is -2.47. The second kappa shape index (κ2) is 5.73. The molecule has 1 aromatic rings. The van der Waals surface area contributed by atoms with Gasteiger partial charge < -0.3 is 5.32 Å². The van der Waals surface area contributed by atoms with Gasteiger partial charge in [0.25, 0.3) is 0 Å². The Kier molecular flexibility index (Phi) is 4.50. The molecule has 1 fully saturated rings. The molecule has 0 aromatic heterocycles. The third-order valence-corrected chi connectivity index (χ3v) is 7.12. The van der Waals surface area contributed by atoms with E-state index in [1.165, 1.54) is 0 Å². The maximum atomic E-state index is 13.1. The van der Waals surface area contributed by atoms with Crippen molar-refractivity contribution in [1.82, 2.24) is 5.32 Å². The van der Waals surface area contributed by atoms with Crippen LogP contribution in [0.3, 0.4) is 0 Å². The van der Waals surface area contributed by atoms with Crippen LogP contribution >= 0.6 is 0 Å². The number of aryl methyl sites for hydroxylation is 2. The molecule has 0 aliphatic heterocycles. The van der Waals surface area contributed by atoms with Gasteiger partial charge in [-0.15, -0.1) is 0 Å². The van der Waals surface area contributed by atoms with Gasteiger partial charge in [-0.25, -0.2) is 8.42 Å². The first-order chi connectivity index (χ1) is 9.70. The molecule has 2 atom stereocenters. The fourth-order valence-corrected chi connectivity index (χ4v) is 5.93. The van der Waals surface area contributed by atoms with E-state index in [1.54, 1.807) is 6.07 Å². The lowest BCUT2D eigenvalue weighted by Gasteiger charge is -2.31. The van der Waals surface area contributed by atoms with Crippen molar-refractivity contribution in [3.63, 3.8) is 0 Å². The summed E-state index contributed by atoms with van der Waals surface area (Å²) in [5.74, 6) is 0. The zero-order valence-corrected chi connectivity index (χ0v) is 14.5. The highest BCUT2D eigenvalue weighted by atomic mass is 32.2. The Morgan fingerprint density at radius 3 is 2.52 bits per heavy atom. The Labute approximate surface area is 129 Å². The third kappa shape index (κ3) is 3.02. The largest absolute Gasteiger partial charge is 0.312 e. The standard InChI is InChI=1S/C17H27NO2S/c1-6-18-16-15(9-10-17(16,4)5)21(19,20)14-8-7-12(2)11-13(14)3/h7-8,11,15-16,18H,6,9-10H2,1-5H3. The second-order valence-corrected chi connectivity index (χ2v) is 9.05. The Morgan fingerprint density at radius 2 is 1.95 bits per heavy atom. The van der Waals surface area contributed by atoms with E-state index in [-0.39, 0.29) is 16.7 Å². The van der Waals surface area contributed by atoms with Crippen LogP contribution in [0.2, 0.25) is 0 Å². The molecule has 3 nitrogen and oxygen atoms in total. The van der Waals surface area contributed by atoms with Gasteiger partial charge in [0.2, 0.25) is 0 Å². The van der Waals surface area contributed by atoms with Crippen LogP contribution in [0.25, 0.3) is 0 Å². The summed E-state index contributed by atoms with van der Waals surface area (Å²) in [5.41, 5.74) is 1.98. The van der Waals surface area contributed by atoms with Gasteiger partial charge >= 0.3 is 0 Å². The van der Waals surface area contributed by atoms with Gasteiger partial charge in [-0.05, 0) is 50.3 Å². The Bertz CT molecular complexity index is 620. The van der Waals surface area contributed by atoms with E-state index in [0.717, 1.165) is 30.5 Å².